The third-order valence-electron chi connectivity index (χ3n) is 4.89. The van der Waals surface area contributed by atoms with E-state index in [0.717, 1.165) is 15.8 Å². The van der Waals surface area contributed by atoms with E-state index in [9.17, 15) is 18.0 Å². The molecule has 0 radical (unpaired) electrons. The van der Waals surface area contributed by atoms with Crippen LogP contribution in [0.3, 0.4) is 0 Å². The van der Waals surface area contributed by atoms with Gasteiger partial charge in [0.15, 0.2) is 11.7 Å². The van der Waals surface area contributed by atoms with Crippen molar-refractivity contribution in [2.75, 3.05) is 5.32 Å². The summed E-state index contributed by atoms with van der Waals surface area (Å²) in [6, 6.07) is 9.99. The van der Waals surface area contributed by atoms with Crippen LogP contribution in [0.25, 0.3) is 0 Å². The third kappa shape index (κ3) is 4.04. The van der Waals surface area contributed by atoms with Gasteiger partial charge in [0.25, 0.3) is 5.91 Å². The van der Waals surface area contributed by atoms with Crippen LogP contribution in [0.15, 0.2) is 59.3 Å². The minimum Gasteiger partial charge on any atom is -0.362 e. The van der Waals surface area contributed by atoms with Crippen molar-refractivity contribution in [1.29, 1.82) is 0 Å². The molecule has 1 amide bonds. The van der Waals surface area contributed by atoms with Crippen molar-refractivity contribution < 1.29 is 18.0 Å². The van der Waals surface area contributed by atoms with Crippen molar-refractivity contribution in [3.05, 3.63) is 76.2 Å². The van der Waals surface area contributed by atoms with E-state index in [-0.39, 0.29) is 29.0 Å². The number of fused-ring (bicyclic) bond motifs is 1. The summed E-state index contributed by atoms with van der Waals surface area (Å²) in [5.41, 5.74) is 1.39. The molecule has 0 unspecified atom stereocenters. The smallest absolute Gasteiger partial charge is 0.362 e. The lowest BCUT2D eigenvalue weighted by molar-refractivity contribution is -0.173. The van der Waals surface area contributed by atoms with Gasteiger partial charge in [0, 0.05) is 25.4 Å². The van der Waals surface area contributed by atoms with Crippen LogP contribution in [0.4, 0.5) is 19.0 Å². The zero-order valence-electron chi connectivity index (χ0n) is 15.5. The SMILES string of the molecule is O=C(NCc1cccnc1)c1nn2c(c1Br)N[C@@H](c1ccccc1)C[C@H]2C(F)(F)F. The van der Waals surface area contributed by atoms with E-state index in [4.69, 9.17) is 0 Å². The van der Waals surface area contributed by atoms with Crippen molar-refractivity contribution in [2.24, 2.45) is 0 Å². The van der Waals surface area contributed by atoms with Crippen LogP contribution in [-0.4, -0.2) is 26.8 Å². The molecule has 3 heterocycles. The lowest BCUT2D eigenvalue weighted by atomic mass is 9.97. The Morgan fingerprint density at radius 3 is 2.67 bits per heavy atom. The standard InChI is InChI=1S/C20H17BrF3N5O/c21-16-17(19(30)26-11-12-5-4-8-25-10-12)28-29-15(20(22,23)24)9-14(27-18(16)29)13-6-2-1-3-7-13/h1-8,10,14-15,27H,9,11H2,(H,26,30)/t14-,15+/m1/s1. The average Bonchev–Trinajstić information content (AvgIpc) is 3.08. The first-order valence-corrected chi connectivity index (χ1v) is 9.97. The number of nitrogens with zero attached hydrogens (tertiary/aromatic N) is 3. The molecule has 2 N–H and O–H groups in total. The van der Waals surface area contributed by atoms with Gasteiger partial charge in [-0.2, -0.15) is 18.3 Å². The van der Waals surface area contributed by atoms with E-state index in [0.29, 0.717) is 0 Å². The molecule has 2 aromatic heterocycles. The van der Waals surface area contributed by atoms with Gasteiger partial charge in [-0.15, -0.1) is 0 Å². The molecule has 0 bridgehead atoms. The van der Waals surface area contributed by atoms with Crippen LogP contribution in [0.5, 0.6) is 0 Å². The van der Waals surface area contributed by atoms with E-state index >= 15 is 0 Å². The highest BCUT2D eigenvalue weighted by molar-refractivity contribution is 9.10. The Labute approximate surface area is 178 Å². The second kappa shape index (κ2) is 8.10. The van der Waals surface area contributed by atoms with Crippen LogP contribution in [0.1, 0.15) is 40.1 Å². The van der Waals surface area contributed by atoms with Crippen molar-refractivity contribution >= 4 is 27.7 Å². The van der Waals surface area contributed by atoms with E-state index in [1.54, 1.807) is 54.9 Å². The number of amides is 1. The molecule has 10 heteroatoms. The number of benzene rings is 1. The predicted octanol–water partition coefficient (Wildman–Crippen LogP) is 4.63. The third-order valence-corrected chi connectivity index (χ3v) is 5.64. The van der Waals surface area contributed by atoms with Gasteiger partial charge in [0.05, 0.1) is 10.5 Å². The van der Waals surface area contributed by atoms with Gasteiger partial charge in [-0.25, -0.2) is 4.68 Å². The molecule has 6 nitrogen and oxygen atoms in total. The maximum atomic E-state index is 13.8. The summed E-state index contributed by atoms with van der Waals surface area (Å²) in [6.07, 6.45) is -1.54. The highest BCUT2D eigenvalue weighted by Gasteiger charge is 2.47. The van der Waals surface area contributed by atoms with Crippen LogP contribution in [-0.2, 0) is 6.54 Å². The first-order valence-electron chi connectivity index (χ1n) is 9.18. The molecule has 3 aromatic rings. The molecule has 0 spiro atoms. The Morgan fingerprint density at radius 2 is 2.00 bits per heavy atom. The fourth-order valence-electron chi connectivity index (χ4n) is 3.41. The number of nitrogens with one attached hydrogen (secondary N) is 2. The second-order valence-corrected chi connectivity index (χ2v) is 7.69. The number of alkyl halides is 3. The number of pyridine rings is 1. The van der Waals surface area contributed by atoms with E-state index < -0.39 is 24.2 Å². The summed E-state index contributed by atoms with van der Waals surface area (Å²) in [5.74, 6) is -0.449. The topological polar surface area (TPSA) is 71.8 Å². The van der Waals surface area contributed by atoms with E-state index in [2.05, 4.69) is 36.6 Å². The van der Waals surface area contributed by atoms with Gasteiger partial charge >= 0.3 is 6.18 Å². The molecular weight excluding hydrogens is 463 g/mol. The summed E-state index contributed by atoms with van der Waals surface area (Å²) in [7, 11) is 0. The Morgan fingerprint density at radius 1 is 1.23 bits per heavy atom. The number of halogens is 4. The Balaban J connectivity index is 1.64. The first kappa shape index (κ1) is 20.4. The molecule has 1 aliphatic rings. The number of rotatable bonds is 4. The molecule has 0 fully saturated rings. The maximum Gasteiger partial charge on any atom is 0.410 e. The zero-order chi connectivity index (χ0) is 21.3. The predicted molar refractivity (Wildman–Crippen MR) is 108 cm³/mol. The molecule has 1 aromatic carbocycles. The maximum absolute atomic E-state index is 13.8. The molecule has 30 heavy (non-hydrogen) atoms. The summed E-state index contributed by atoms with van der Waals surface area (Å²) in [5, 5.41) is 9.76. The van der Waals surface area contributed by atoms with Crippen LogP contribution in [0, 0.1) is 0 Å². The van der Waals surface area contributed by atoms with Gasteiger partial charge in [-0.3, -0.25) is 9.78 Å². The highest BCUT2D eigenvalue weighted by Crippen LogP contribution is 2.46. The summed E-state index contributed by atoms with van der Waals surface area (Å²) in [6.45, 7) is 0.185. The Bertz CT molecular complexity index is 1040. The number of carbonyl (C=O) groups excluding carboxylic acids is 1. The number of carbonyl (C=O) groups is 1. The van der Waals surface area contributed by atoms with Crippen molar-refractivity contribution in [3.8, 4) is 0 Å². The summed E-state index contributed by atoms with van der Waals surface area (Å²) in [4.78, 5) is 16.6. The fourth-order valence-corrected chi connectivity index (χ4v) is 3.96. The molecule has 2 atom stereocenters. The van der Waals surface area contributed by atoms with Crippen LogP contribution >= 0.6 is 15.9 Å². The summed E-state index contributed by atoms with van der Waals surface area (Å²) >= 11 is 3.27. The van der Waals surface area contributed by atoms with Crippen molar-refractivity contribution in [1.82, 2.24) is 20.1 Å². The molecule has 0 aliphatic carbocycles. The number of hydrogen-bond acceptors (Lipinski definition) is 4. The summed E-state index contributed by atoms with van der Waals surface area (Å²) < 4.78 is 42.5. The van der Waals surface area contributed by atoms with E-state index in [1.807, 2.05) is 0 Å². The first-order chi connectivity index (χ1) is 14.3. The number of aromatic nitrogens is 3. The van der Waals surface area contributed by atoms with Gasteiger partial charge in [0.2, 0.25) is 0 Å². The Hall–Kier alpha value is -2.88. The van der Waals surface area contributed by atoms with Gasteiger partial charge in [0.1, 0.15) is 5.82 Å². The van der Waals surface area contributed by atoms with Crippen molar-refractivity contribution in [3.63, 3.8) is 0 Å². The molecule has 0 saturated carbocycles. The Kier molecular flexibility index (Phi) is 5.50. The minimum atomic E-state index is -4.52. The van der Waals surface area contributed by atoms with Crippen molar-refractivity contribution in [2.45, 2.75) is 31.2 Å². The largest absolute Gasteiger partial charge is 0.410 e. The number of anilines is 1. The van der Waals surface area contributed by atoms with Gasteiger partial charge < -0.3 is 10.6 Å². The fraction of sp³-hybridized carbons (Fsp3) is 0.250. The molecular formula is C20H17BrF3N5O. The molecule has 156 valence electrons. The molecule has 0 saturated heterocycles. The number of hydrogen-bond donors (Lipinski definition) is 2. The quantitative estimate of drug-likeness (QED) is 0.572. The monoisotopic (exact) mass is 479 g/mol. The lowest BCUT2D eigenvalue weighted by Gasteiger charge is -2.33. The van der Waals surface area contributed by atoms with Gasteiger partial charge in [-0.05, 0) is 33.1 Å². The zero-order valence-corrected chi connectivity index (χ0v) is 17.1. The molecule has 1 aliphatic heterocycles. The van der Waals surface area contributed by atoms with Crippen LogP contribution < -0.4 is 10.6 Å². The lowest BCUT2D eigenvalue weighted by Crippen LogP contribution is -2.35. The normalized spacial score (nSPS) is 18.4. The second-order valence-electron chi connectivity index (χ2n) is 6.90. The van der Waals surface area contributed by atoms with E-state index in [1.165, 1.54) is 0 Å². The highest BCUT2D eigenvalue weighted by atomic mass is 79.9. The minimum absolute atomic E-state index is 0.107. The molecule has 4 rings (SSSR count). The average molecular weight is 480 g/mol. The van der Waals surface area contributed by atoms with Gasteiger partial charge in [-0.1, -0.05) is 36.4 Å². The van der Waals surface area contributed by atoms with Crippen LogP contribution in [0.2, 0.25) is 0 Å².